The van der Waals surface area contributed by atoms with E-state index >= 15 is 0 Å². The third-order valence-corrected chi connectivity index (χ3v) is 5.55. The van der Waals surface area contributed by atoms with E-state index in [0.717, 1.165) is 21.8 Å². The lowest BCUT2D eigenvalue weighted by Crippen LogP contribution is -2.18. The molecular weight excluding hydrogens is 410 g/mol. The van der Waals surface area contributed by atoms with Gasteiger partial charge in [-0.05, 0) is 37.6 Å². The number of thioether (sulfide) groups is 1. The fourth-order valence-electron chi connectivity index (χ4n) is 2.53. The summed E-state index contributed by atoms with van der Waals surface area (Å²) in [5.41, 5.74) is 4.71. The first kappa shape index (κ1) is 20.9. The summed E-state index contributed by atoms with van der Waals surface area (Å²) in [6.45, 7) is 3.79. The van der Waals surface area contributed by atoms with Crippen molar-refractivity contribution in [2.75, 3.05) is 11.1 Å². The van der Waals surface area contributed by atoms with Crippen molar-refractivity contribution >= 4 is 40.0 Å². The molecule has 3 N–H and O–H groups in total. The van der Waals surface area contributed by atoms with Crippen LogP contribution < -0.4 is 10.8 Å². The molecule has 8 nitrogen and oxygen atoms in total. The fraction of sp³-hybridized carbons (Fsp3) is 0.211. The smallest absolute Gasteiger partial charge is 0.274 e. The van der Waals surface area contributed by atoms with Gasteiger partial charge in [-0.1, -0.05) is 23.9 Å². The number of hydroxylamine groups is 1. The summed E-state index contributed by atoms with van der Waals surface area (Å²) >= 11 is 2.68. The summed E-state index contributed by atoms with van der Waals surface area (Å²) in [7, 11) is 0. The minimum Gasteiger partial charge on any atom is -0.301 e. The molecular formula is C19H19N5O3S2. The van der Waals surface area contributed by atoms with E-state index in [9.17, 15) is 9.59 Å². The van der Waals surface area contributed by atoms with Gasteiger partial charge in [0.1, 0.15) is 0 Å². The van der Waals surface area contributed by atoms with Gasteiger partial charge in [-0.25, -0.2) is 20.4 Å². The van der Waals surface area contributed by atoms with Gasteiger partial charge in [0.25, 0.3) is 5.91 Å². The first-order valence-electron chi connectivity index (χ1n) is 8.66. The number of nitrogens with one attached hydrogen (secondary N) is 2. The highest BCUT2D eigenvalue weighted by atomic mass is 32.2. The summed E-state index contributed by atoms with van der Waals surface area (Å²) in [5.74, 6) is -0.520. The normalized spacial score (nSPS) is 10.6. The summed E-state index contributed by atoms with van der Waals surface area (Å²) in [5, 5.41) is 12.5. The van der Waals surface area contributed by atoms with Crippen LogP contribution in [0.2, 0.25) is 0 Å². The van der Waals surface area contributed by atoms with Crippen LogP contribution in [0.5, 0.6) is 0 Å². The molecule has 0 saturated carbocycles. The van der Waals surface area contributed by atoms with Gasteiger partial charge in [-0.15, -0.1) is 11.3 Å². The zero-order valence-corrected chi connectivity index (χ0v) is 17.4. The highest BCUT2D eigenvalue weighted by molar-refractivity contribution is 7.99. The van der Waals surface area contributed by atoms with Crippen molar-refractivity contribution in [2.45, 2.75) is 25.4 Å². The molecule has 0 radical (unpaired) electrons. The number of hydrogen-bond acceptors (Lipinski definition) is 8. The molecule has 2 heterocycles. The molecule has 0 unspecified atom stereocenters. The lowest BCUT2D eigenvalue weighted by molar-refractivity contribution is -0.113. The number of anilines is 1. The number of benzene rings is 1. The molecule has 1 aromatic carbocycles. The van der Waals surface area contributed by atoms with Gasteiger partial charge < -0.3 is 5.32 Å². The summed E-state index contributed by atoms with van der Waals surface area (Å²) in [6, 6.07) is 8.77. The molecule has 0 aliphatic carbocycles. The molecule has 0 spiro atoms. The Morgan fingerprint density at radius 1 is 1.14 bits per heavy atom. The van der Waals surface area contributed by atoms with Gasteiger partial charge in [0.05, 0.1) is 5.75 Å². The van der Waals surface area contributed by atoms with E-state index in [2.05, 4.69) is 20.3 Å². The Bertz CT molecular complexity index is 1000. The topological polar surface area (TPSA) is 117 Å². The number of aryl methyl sites for hydroxylation is 2. The second kappa shape index (κ2) is 9.59. The van der Waals surface area contributed by atoms with Crippen LogP contribution in [-0.4, -0.2) is 37.7 Å². The van der Waals surface area contributed by atoms with Crippen LogP contribution in [0.3, 0.4) is 0 Å². The molecule has 0 aliphatic heterocycles. The van der Waals surface area contributed by atoms with Gasteiger partial charge in [-0.2, -0.15) is 0 Å². The maximum atomic E-state index is 12.2. The molecule has 0 aliphatic rings. The van der Waals surface area contributed by atoms with Crippen molar-refractivity contribution in [3.63, 3.8) is 0 Å². The first-order valence-corrected chi connectivity index (χ1v) is 10.5. The first-order chi connectivity index (χ1) is 13.9. The second-order valence-corrected chi connectivity index (χ2v) is 8.27. The second-order valence-electron chi connectivity index (χ2n) is 6.22. The number of rotatable bonds is 7. The summed E-state index contributed by atoms with van der Waals surface area (Å²) in [4.78, 5) is 37.4. The number of hydrogen-bond donors (Lipinski definition) is 3. The molecule has 3 rings (SSSR count). The number of carbonyl (C=O) groups is 2. The van der Waals surface area contributed by atoms with Crippen molar-refractivity contribution in [3.8, 4) is 0 Å². The van der Waals surface area contributed by atoms with Crippen molar-refractivity contribution in [1.82, 2.24) is 20.4 Å². The Morgan fingerprint density at radius 2 is 1.83 bits per heavy atom. The minimum atomic E-state index is -0.552. The Kier molecular flexibility index (Phi) is 6.91. The lowest BCUT2D eigenvalue weighted by atomic mass is 10.1. The van der Waals surface area contributed by atoms with Crippen molar-refractivity contribution < 1.29 is 14.8 Å². The van der Waals surface area contributed by atoms with Gasteiger partial charge in [-0.3, -0.25) is 14.8 Å². The van der Waals surface area contributed by atoms with Crippen LogP contribution in [0.4, 0.5) is 5.13 Å². The van der Waals surface area contributed by atoms with Gasteiger partial charge >= 0.3 is 0 Å². The average Bonchev–Trinajstić information content (AvgIpc) is 3.12. The molecule has 150 valence electrons. The van der Waals surface area contributed by atoms with Crippen LogP contribution in [0.25, 0.3) is 0 Å². The van der Waals surface area contributed by atoms with Crippen LogP contribution >= 0.6 is 23.1 Å². The number of nitrogens with zero attached hydrogens (tertiary/aromatic N) is 3. The predicted molar refractivity (Wildman–Crippen MR) is 111 cm³/mol. The summed E-state index contributed by atoms with van der Waals surface area (Å²) < 4.78 is 0. The van der Waals surface area contributed by atoms with E-state index in [1.54, 1.807) is 23.8 Å². The molecule has 10 heteroatoms. The fourth-order valence-corrected chi connectivity index (χ4v) is 4.14. The molecule has 0 atom stereocenters. The van der Waals surface area contributed by atoms with Gasteiger partial charge in [0.2, 0.25) is 5.91 Å². The Morgan fingerprint density at radius 3 is 2.48 bits per heavy atom. The molecule has 2 amide bonds. The lowest BCUT2D eigenvalue weighted by Gasteiger charge is -2.03. The van der Waals surface area contributed by atoms with E-state index in [0.29, 0.717) is 22.3 Å². The third-order valence-electron chi connectivity index (χ3n) is 3.79. The van der Waals surface area contributed by atoms with E-state index in [-0.39, 0.29) is 11.7 Å². The van der Waals surface area contributed by atoms with Crippen molar-refractivity contribution in [2.24, 2.45) is 0 Å². The number of aromatic nitrogens is 3. The van der Waals surface area contributed by atoms with Crippen LogP contribution in [-0.2, 0) is 11.2 Å². The average molecular weight is 430 g/mol. The van der Waals surface area contributed by atoms with Crippen molar-refractivity contribution in [1.29, 1.82) is 0 Å². The number of amides is 2. The number of carbonyl (C=O) groups excluding carboxylic acids is 2. The van der Waals surface area contributed by atoms with Crippen LogP contribution in [0.1, 0.15) is 32.2 Å². The van der Waals surface area contributed by atoms with Gasteiger partial charge in [0, 0.05) is 34.4 Å². The molecule has 2 aromatic heterocycles. The van der Waals surface area contributed by atoms with E-state index < -0.39 is 5.91 Å². The highest BCUT2D eigenvalue weighted by Gasteiger charge is 2.10. The standard InChI is InChI=1S/C19H19N5O3S2/c1-11-7-12(2)22-19(21-11)28-10-16(25)23-18-20-9-15(29-18)8-13-3-5-14(6-4-13)17(26)24-27/h3-7,9,27H,8,10H2,1-2H3,(H,24,26)(H,20,23,25). The van der Waals surface area contributed by atoms with Gasteiger partial charge in [0.15, 0.2) is 10.3 Å². The molecule has 29 heavy (non-hydrogen) atoms. The molecule has 0 fully saturated rings. The largest absolute Gasteiger partial charge is 0.301 e. The minimum absolute atomic E-state index is 0.168. The monoisotopic (exact) mass is 429 g/mol. The van der Waals surface area contributed by atoms with E-state index in [1.807, 2.05) is 32.0 Å². The Balaban J connectivity index is 1.53. The maximum absolute atomic E-state index is 12.2. The Hall–Kier alpha value is -2.82. The Labute approximate surface area is 175 Å². The number of thiazole rings is 1. The highest BCUT2D eigenvalue weighted by Crippen LogP contribution is 2.22. The van der Waals surface area contributed by atoms with Crippen LogP contribution in [0.15, 0.2) is 41.7 Å². The third kappa shape index (κ3) is 6.08. The quantitative estimate of drug-likeness (QED) is 0.229. The molecule has 3 aromatic rings. The maximum Gasteiger partial charge on any atom is 0.274 e. The zero-order chi connectivity index (χ0) is 20.8. The predicted octanol–water partition coefficient (Wildman–Crippen LogP) is 2.99. The van der Waals surface area contributed by atoms with Crippen molar-refractivity contribution in [3.05, 3.63) is 63.9 Å². The van der Waals surface area contributed by atoms with Crippen LogP contribution in [0, 0.1) is 13.8 Å². The molecule has 0 saturated heterocycles. The zero-order valence-electron chi connectivity index (χ0n) is 15.8. The van der Waals surface area contributed by atoms with E-state index in [4.69, 9.17) is 5.21 Å². The van der Waals surface area contributed by atoms with E-state index in [1.165, 1.54) is 23.1 Å². The molecule has 0 bridgehead atoms. The SMILES string of the molecule is Cc1cc(C)nc(SCC(=O)Nc2ncc(Cc3ccc(C(=O)NO)cc3)s2)n1. The summed E-state index contributed by atoms with van der Waals surface area (Å²) in [6.07, 6.45) is 2.34.